The Labute approximate surface area is 155 Å². The molecule has 0 heterocycles. The average Bonchev–Trinajstić information content (AvgIpc) is 2.61. The normalized spacial score (nSPS) is 11.8. The molecule has 1 amide bonds. The number of carbonyl (C=O) groups excluding carboxylic acids is 3. The molecule has 0 radical (unpaired) electrons. The first-order valence-corrected chi connectivity index (χ1v) is 8.87. The summed E-state index contributed by atoms with van der Waals surface area (Å²) in [6.07, 6.45) is 2.80. The smallest absolute Gasteiger partial charge is 0.330 e. The molecule has 0 N–H and O–H groups in total. The number of hydrogen-bond donors (Lipinski definition) is 0. The van der Waals surface area contributed by atoms with Crippen LogP contribution in [0.1, 0.15) is 19.4 Å². The third-order valence-corrected chi connectivity index (χ3v) is 3.87. The molecule has 0 bridgehead atoms. The van der Waals surface area contributed by atoms with Crippen LogP contribution in [0.4, 0.5) is 0 Å². The topological polar surface area (TPSA) is 72.9 Å². The van der Waals surface area contributed by atoms with Crippen LogP contribution < -0.4 is 0 Å². The zero-order valence-electron chi connectivity index (χ0n) is 14.3. The number of benzene rings is 1. The van der Waals surface area contributed by atoms with E-state index in [1.807, 2.05) is 30.3 Å². The summed E-state index contributed by atoms with van der Waals surface area (Å²) in [5, 5.41) is 0. The zero-order valence-corrected chi connectivity index (χ0v) is 15.9. The van der Waals surface area contributed by atoms with Crippen LogP contribution in [0.15, 0.2) is 42.5 Å². The van der Waals surface area contributed by atoms with E-state index >= 15 is 0 Å². The Morgan fingerprint density at radius 1 is 1.12 bits per heavy atom. The maximum Gasteiger partial charge on any atom is 0.330 e. The molecular weight excluding hydrogens is 390 g/mol. The summed E-state index contributed by atoms with van der Waals surface area (Å²) in [7, 11) is 0. The summed E-state index contributed by atoms with van der Waals surface area (Å²) < 4.78 is 9.68. The summed E-state index contributed by atoms with van der Waals surface area (Å²) in [5.41, 5.74) is 0.906. The Kier molecular flexibility index (Phi) is 9.54. The largest absolute Gasteiger partial charge is 0.465 e. The minimum atomic E-state index is -1.09. The second kappa shape index (κ2) is 11.4. The molecule has 1 atom stereocenters. The lowest BCUT2D eigenvalue weighted by atomic mass is 10.2. The number of carbonyl (C=O) groups is 3. The zero-order chi connectivity index (χ0) is 18.7. The minimum Gasteiger partial charge on any atom is -0.465 e. The van der Waals surface area contributed by atoms with Gasteiger partial charge in [-0.05, 0) is 19.4 Å². The van der Waals surface area contributed by atoms with Crippen LogP contribution >= 0.6 is 15.9 Å². The van der Waals surface area contributed by atoms with E-state index in [0.29, 0.717) is 6.54 Å². The van der Waals surface area contributed by atoms with Crippen molar-refractivity contribution in [2.75, 3.05) is 19.8 Å². The highest BCUT2D eigenvalue weighted by Crippen LogP contribution is 2.12. The second-order valence-corrected chi connectivity index (χ2v) is 5.89. The molecular formula is C18H22BrNO5. The fraction of sp³-hybridized carbons (Fsp3) is 0.389. The third kappa shape index (κ3) is 7.51. The number of esters is 2. The molecule has 0 aliphatic heterocycles. The molecule has 0 fully saturated rings. The van der Waals surface area contributed by atoms with Crippen LogP contribution in [0.5, 0.6) is 0 Å². The van der Waals surface area contributed by atoms with E-state index in [2.05, 4.69) is 15.9 Å². The Morgan fingerprint density at radius 3 is 2.36 bits per heavy atom. The highest BCUT2D eigenvalue weighted by Gasteiger charge is 2.29. The van der Waals surface area contributed by atoms with Gasteiger partial charge in [-0.2, -0.15) is 0 Å². The molecule has 7 heteroatoms. The predicted octanol–water partition coefficient (Wildman–Crippen LogP) is 2.46. The highest BCUT2D eigenvalue weighted by molar-refractivity contribution is 9.10. The van der Waals surface area contributed by atoms with Gasteiger partial charge in [-0.15, -0.1) is 0 Å². The van der Waals surface area contributed by atoms with Crippen molar-refractivity contribution in [3.8, 4) is 0 Å². The average molecular weight is 412 g/mol. The van der Waals surface area contributed by atoms with Gasteiger partial charge in [0, 0.05) is 19.2 Å². The SMILES string of the molecule is CCOC(=O)/C=C/CN(Cc1ccccc1)C(=O)C(Br)C(=O)OCC. The fourth-order valence-corrected chi connectivity index (χ4v) is 2.40. The highest BCUT2D eigenvalue weighted by atomic mass is 79.9. The van der Waals surface area contributed by atoms with E-state index in [4.69, 9.17) is 9.47 Å². The van der Waals surface area contributed by atoms with Crippen LogP contribution in [0.2, 0.25) is 0 Å². The fourth-order valence-electron chi connectivity index (χ4n) is 1.98. The summed E-state index contributed by atoms with van der Waals surface area (Å²) >= 11 is 3.09. The predicted molar refractivity (Wildman–Crippen MR) is 97.0 cm³/mol. The van der Waals surface area contributed by atoms with Gasteiger partial charge in [0.05, 0.1) is 13.2 Å². The molecule has 1 aromatic rings. The molecule has 0 aromatic heterocycles. The van der Waals surface area contributed by atoms with E-state index in [0.717, 1.165) is 5.56 Å². The molecule has 136 valence electrons. The van der Waals surface area contributed by atoms with Crippen molar-refractivity contribution in [2.24, 2.45) is 0 Å². The maximum absolute atomic E-state index is 12.6. The number of ether oxygens (including phenoxy) is 2. The van der Waals surface area contributed by atoms with Crippen LogP contribution in [0.25, 0.3) is 0 Å². The monoisotopic (exact) mass is 411 g/mol. The first-order valence-electron chi connectivity index (χ1n) is 7.96. The van der Waals surface area contributed by atoms with Crippen molar-refractivity contribution in [3.05, 3.63) is 48.0 Å². The molecule has 1 rings (SSSR count). The first-order chi connectivity index (χ1) is 12.0. The van der Waals surface area contributed by atoms with Gasteiger partial charge in [0.1, 0.15) is 0 Å². The minimum absolute atomic E-state index is 0.161. The number of nitrogens with zero attached hydrogens (tertiary/aromatic N) is 1. The van der Waals surface area contributed by atoms with Crippen molar-refractivity contribution in [2.45, 2.75) is 25.2 Å². The van der Waals surface area contributed by atoms with Gasteiger partial charge in [-0.3, -0.25) is 9.59 Å². The Morgan fingerprint density at radius 2 is 1.76 bits per heavy atom. The van der Waals surface area contributed by atoms with Crippen LogP contribution in [0.3, 0.4) is 0 Å². The summed E-state index contributed by atoms with van der Waals surface area (Å²) in [6.45, 7) is 4.32. The molecule has 0 spiro atoms. The second-order valence-electron chi connectivity index (χ2n) is 4.97. The van der Waals surface area contributed by atoms with Crippen molar-refractivity contribution >= 4 is 33.8 Å². The lowest BCUT2D eigenvalue weighted by molar-refractivity contribution is -0.147. The Balaban J connectivity index is 2.84. The van der Waals surface area contributed by atoms with E-state index < -0.39 is 22.7 Å². The van der Waals surface area contributed by atoms with E-state index in [1.54, 1.807) is 13.8 Å². The number of halogens is 1. The van der Waals surface area contributed by atoms with E-state index in [9.17, 15) is 14.4 Å². The summed E-state index contributed by atoms with van der Waals surface area (Å²) in [4.78, 5) is 36.1. The van der Waals surface area contributed by atoms with Gasteiger partial charge in [0.25, 0.3) is 0 Å². The van der Waals surface area contributed by atoms with Gasteiger partial charge in [-0.25, -0.2) is 4.79 Å². The summed E-state index contributed by atoms with van der Waals surface area (Å²) in [5.74, 6) is -1.55. The Hall–Kier alpha value is -2.15. The lowest BCUT2D eigenvalue weighted by Crippen LogP contribution is -2.40. The van der Waals surface area contributed by atoms with Crippen LogP contribution in [-0.4, -0.2) is 47.3 Å². The molecule has 0 aliphatic carbocycles. The molecule has 25 heavy (non-hydrogen) atoms. The maximum atomic E-state index is 12.6. The molecule has 1 aromatic carbocycles. The van der Waals surface area contributed by atoms with Gasteiger partial charge in [0.2, 0.25) is 5.91 Å². The van der Waals surface area contributed by atoms with Gasteiger partial charge < -0.3 is 14.4 Å². The van der Waals surface area contributed by atoms with Gasteiger partial charge >= 0.3 is 11.9 Å². The third-order valence-electron chi connectivity index (χ3n) is 3.10. The van der Waals surface area contributed by atoms with Crippen molar-refractivity contribution in [3.63, 3.8) is 0 Å². The van der Waals surface area contributed by atoms with Gasteiger partial charge in [-0.1, -0.05) is 52.3 Å². The molecule has 0 saturated carbocycles. The number of rotatable bonds is 9. The molecule has 0 saturated heterocycles. The Bertz CT molecular complexity index is 603. The van der Waals surface area contributed by atoms with Crippen LogP contribution in [0, 0.1) is 0 Å². The molecule has 1 unspecified atom stereocenters. The lowest BCUT2D eigenvalue weighted by Gasteiger charge is -2.23. The number of amides is 1. The van der Waals surface area contributed by atoms with Crippen LogP contribution in [-0.2, 0) is 30.4 Å². The summed E-state index contributed by atoms with van der Waals surface area (Å²) in [6, 6.07) is 9.36. The van der Waals surface area contributed by atoms with E-state index in [-0.39, 0.29) is 19.8 Å². The van der Waals surface area contributed by atoms with Gasteiger partial charge in [0.15, 0.2) is 4.83 Å². The standard InChI is InChI=1S/C18H22BrNO5/c1-3-24-15(21)11-8-12-20(13-14-9-6-5-7-10-14)17(22)16(19)18(23)25-4-2/h5-11,16H,3-4,12-13H2,1-2H3/b11-8+. The van der Waals surface area contributed by atoms with E-state index in [1.165, 1.54) is 17.1 Å². The molecule has 6 nitrogen and oxygen atoms in total. The molecule has 0 aliphatic rings. The van der Waals surface area contributed by atoms with Crippen molar-refractivity contribution in [1.82, 2.24) is 4.90 Å². The quantitative estimate of drug-likeness (QED) is 0.270. The number of hydrogen-bond acceptors (Lipinski definition) is 5. The first kappa shape index (κ1) is 20.9. The van der Waals surface area contributed by atoms with Crippen molar-refractivity contribution < 1.29 is 23.9 Å². The van der Waals surface area contributed by atoms with Crippen molar-refractivity contribution in [1.29, 1.82) is 0 Å². The number of alkyl halides is 1.